The first-order valence-electron chi connectivity index (χ1n) is 9.17. The molecule has 1 aromatic carbocycles. The number of nitrogens with one attached hydrogen (secondary N) is 4. The van der Waals surface area contributed by atoms with Gasteiger partial charge in [0.15, 0.2) is 16.6 Å². The molecular weight excluding hydrogens is 471 g/mol. The first-order chi connectivity index (χ1) is 15.2. The fourth-order valence-corrected chi connectivity index (χ4v) is 3.95. The molecule has 168 valence electrons. The molecule has 32 heavy (non-hydrogen) atoms. The van der Waals surface area contributed by atoms with Crippen LogP contribution in [0.2, 0.25) is 5.02 Å². The van der Waals surface area contributed by atoms with Crippen molar-refractivity contribution in [3.63, 3.8) is 0 Å². The minimum atomic E-state index is -4.60. The van der Waals surface area contributed by atoms with Crippen LogP contribution in [0.15, 0.2) is 29.9 Å². The number of anilines is 2. The third-order valence-corrected chi connectivity index (χ3v) is 5.52. The van der Waals surface area contributed by atoms with Gasteiger partial charge in [-0.3, -0.25) is 15.0 Å². The predicted molar refractivity (Wildman–Crippen MR) is 112 cm³/mol. The van der Waals surface area contributed by atoms with Crippen molar-refractivity contribution in [1.82, 2.24) is 25.4 Å². The zero-order valence-corrected chi connectivity index (χ0v) is 17.7. The quantitative estimate of drug-likeness (QED) is 0.452. The van der Waals surface area contributed by atoms with E-state index in [1.807, 2.05) is 0 Å². The van der Waals surface area contributed by atoms with Gasteiger partial charge in [-0.2, -0.15) is 13.2 Å². The van der Waals surface area contributed by atoms with Crippen LogP contribution in [0, 0.1) is 0 Å². The molecule has 2 aromatic heterocycles. The zero-order valence-electron chi connectivity index (χ0n) is 16.1. The highest BCUT2D eigenvalue weighted by molar-refractivity contribution is 7.14. The van der Waals surface area contributed by atoms with Crippen LogP contribution in [0.4, 0.5) is 24.1 Å². The molecule has 3 heterocycles. The second-order valence-corrected chi connectivity index (χ2v) is 7.92. The van der Waals surface area contributed by atoms with E-state index in [9.17, 15) is 22.8 Å². The molecular formula is C18H15ClF3N7O2S. The normalized spacial score (nSPS) is 14.1. The molecule has 3 aromatic rings. The van der Waals surface area contributed by atoms with E-state index >= 15 is 0 Å². The van der Waals surface area contributed by atoms with E-state index in [-0.39, 0.29) is 28.6 Å². The second kappa shape index (κ2) is 8.76. The minimum absolute atomic E-state index is 0.188. The summed E-state index contributed by atoms with van der Waals surface area (Å²) in [6, 6.07) is 3.48. The van der Waals surface area contributed by atoms with Gasteiger partial charge in [0.05, 0.1) is 22.6 Å². The summed E-state index contributed by atoms with van der Waals surface area (Å²) in [4.78, 5) is 33.0. The van der Waals surface area contributed by atoms with Gasteiger partial charge in [0.25, 0.3) is 5.91 Å². The molecule has 0 saturated carbocycles. The van der Waals surface area contributed by atoms with Crippen molar-refractivity contribution in [2.24, 2.45) is 0 Å². The van der Waals surface area contributed by atoms with Crippen molar-refractivity contribution >= 4 is 45.7 Å². The monoisotopic (exact) mass is 485 g/mol. The van der Waals surface area contributed by atoms with Crippen LogP contribution in [0.1, 0.15) is 16.1 Å². The number of thiazole rings is 1. The Hall–Kier alpha value is -3.16. The maximum Gasteiger partial charge on any atom is 0.417 e. The van der Waals surface area contributed by atoms with Crippen LogP contribution in [-0.4, -0.2) is 39.4 Å². The van der Waals surface area contributed by atoms with E-state index in [1.165, 1.54) is 22.3 Å². The fourth-order valence-electron chi connectivity index (χ4n) is 2.99. The molecule has 0 fully saturated rings. The predicted octanol–water partition coefficient (Wildman–Crippen LogP) is 2.98. The highest BCUT2D eigenvalue weighted by Gasteiger charge is 2.33. The van der Waals surface area contributed by atoms with Gasteiger partial charge >= 0.3 is 6.18 Å². The van der Waals surface area contributed by atoms with Crippen molar-refractivity contribution in [2.45, 2.75) is 12.7 Å². The van der Waals surface area contributed by atoms with E-state index in [1.54, 1.807) is 0 Å². The van der Waals surface area contributed by atoms with Gasteiger partial charge in [-0.15, -0.1) is 11.3 Å². The van der Waals surface area contributed by atoms with Crippen molar-refractivity contribution in [1.29, 1.82) is 0 Å². The summed E-state index contributed by atoms with van der Waals surface area (Å²) < 4.78 is 40.7. The summed E-state index contributed by atoms with van der Waals surface area (Å²) in [7, 11) is 0. The number of amides is 2. The number of imidazole rings is 1. The molecule has 0 radical (unpaired) electrons. The number of alkyl halides is 3. The summed E-state index contributed by atoms with van der Waals surface area (Å²) >= 11 is 6.71. The molecule has 0 bridgehead atoms. The standard InChI is InChI=1S/C18H15ClF3N7O2S/c19-11-2-1-9(5-10(11)18(20,21)22)12-7-32-17(26-12)27-13(30)6-29-8-24-15-14(29)16(31)28-25-4-3-23-15/h1-2,5,7-8,23,25H,3-4,6H2,(H,28,31)(H,26,27,30). The summed E-state index contributed by atoms with van der Waals surface area (Å²) in [5.74, 6) is -0.574. The molecule has 0 saturated heterocycles. The molecule has 1 aliphatic heterocycles. The Kier molecular flexibility index (Phi) is 6.04. The van der Waals surface area contributed by atoms with Crippen molar-refractivity contribution in [3.05, 3.63) is 46.2 Å². The number of hydrogen-bond acceptors (Lipinski definition) is 7. The number of aromatic nitrogens is 3. The number of fused-ring (bicyclic) bond motifs is 1. The highest BCUT2D eigenvalue weighted by atomic mass is 35.5. The van der Waals surface area contributed by atoms with Crippen LogP contribution in [0.5, 0.6) is 0 Å². The van der Waals surface area contributed by atoms with Gasteiger partial charge in [-0.05, 0) is 12.1 Å². The molecule has 9 nitrogen and oxygen atoms in total. The average Bonchev–Trinajstić information content (AvgIpc) is 3.32. The maximum atomic E-state index is 13.1. The number of carbonyl (C=O) groups excluding carboxylic acids is 2. The van der Waals surface area contributed by atoms with E-state index in [0.717, 1.165) is 23.5 Å². The Morgan fingerprint density at radius 1 is 1.31 bits per heavy atom. The van der Waals surface area contributed by atoms with Gasteiger partial charge in [-0.1, -0.05) is 17.7 Å². The number of halogens is 4. The summed E-state index contributed by atoms with van der Waals surface area (Å²) in [6.07, 6.45) is -3.24. The second-order valence-electron chi connectivity index (χ2n) is 6.66. The summed E-state index contributed by atoms with van der Waals surface area (Å²) in [6.45, 7) is 0.813. The van der Waals surface area contributed by atoms with Gasteiger partial charge in [0.2, 0.25) is 5.91 Å². The van der Waals surface area contributed by atoms with E-state index in [4.69, 9.17) is 11.6 Å². The molecule has 0 atom stereocenters. The van der Waals surface area contributed by atoms with E-state index < -0.39 is 28.6 Å². The molecule has 0 spiro atoms. The lowest BCUT2D eigenvalue weighted by atomic mass is 10.1. The number of nitrogens with zero attached hydrogens (tertiary/aromatic N) is 3. The topological polar surface area (TPSA) is 113 Å². The van der Waals surface area contributed by atoms with Gasteiger partial charge in [0, 0.05) is 24.0 Å². The number of benzene rings is 1. The Bertz CT molecular complexity index is 1180. The molecule has 4 N–H and O–H groups in total. The lowest BCUT2D eigenvalue weighted by Crippen LogP contribution is -2.43. The van der Waals surface area contributed by atoms with Gasteiger partial charge < -0.3 is 15.2 Å². The van der Waals surface area contributed by atoms with Gasteiger partial charge in [-0.25, -0.2) is 15.4 Å². The van der Waals surface area contributed by atoms with Crippen LogP contribution in [0.3, 0.4) is 0 Å². The first kappa shape index (κ1) is 22.0. The van der Waals surface area contributed by atoms with Crippen molar-refractivity contribution < 1.29 is 22.8 Å². The lowest BCUT2D eigenvalue weighted by molar-refractivity contribution is -0.137. The summed E-state index contributed by atoms with van der Waals surface area (Å²) in [5, 5.41) is 6.88. The molecule has 2 amide bonds. The van der Waals surface area contributed by atoms with Crippen LogP contribution >= 0.6 is 22.9 Å². The molecule has 0 unspecified atom stereocenters. The highest BCUT2D eigenvalue weighted by Crippen LogP contribution is 2.37. The summed E-state index contributed by atoms with van der Waals surface area (Å²) in [5.41, 5.74) is 4.94. The van der Waals surface area contributed by atoms with Gasteiger partial charge in [0.1, 0.15) is 6.54 Å². The van der Waals surface area contributed by atoms with Crippen LogP contribution in [-0.2, 0) is 17.5 Å². The van der Waals surface area contributed by atoms with Crippen molar-refractivity contribution in [2.75, 3.05) is 23.7 Å². The lowest BCUT2D eigenvalue weighted by Gasteiger charge is -2.15. The van der Waals surface area contributed by atoms with Crippen LogP contribution in [0.25, 0.3) is 11.3 Å². The largest absolute Gasteiger partial charge is 0.417 e. The number of carbonyl (C=O) groups is 2. The molecule has 4 rings (SSSR count). The molecule has 1 aliphatic rings. The Morgan fingerprint density at radius 2 is 2.12 bits per heavy atom. The first-order valence-corrected chi connectivity index (χ1v) is 10.4. The number of hydrogen-bond donors (Lipinski definition) is 4. The maximum absolute atomic E-state index is 13.1. The third-order valence-electron chi connectivity index (χ3n) is 4.43. The van der Waals surface area contributed by atoms with Crippen molar-refractivity contribution in [3.8, 4) is 11.3 Å². The Morgan fingerprint density at radius 3 is 2.91 bits per heavy atom. The third kappa shape index (κ3) is 4.69. The average molecular weight is 486 g/mol. The SMILES string of the molecule is O=C(Cn1cnc2c1C(=O)NNCCN2)Nc1nc(-c2ccc(Cl)c(C(F)(F)F)c2)cs1. The van der Waals surface area contributed by atoms with E-state index in [0.29, 0.717) is 18.9 Å². The zero-order chi connectivity index (χ0) is 22.9. The Labute approximate surface area is 188 Å². The molecule has 0 aliphatic carbocycles. The fraction of sp³-hybridized carbons (Fsp3) is 0.222. The van der Waals surface area contributed by atoms with E-state index in [2.05, 4.69) is 31.5 Å². The van der Waals surface area contributed by atoms with Crippen LogP contribution < -0.4 is 21.5 Å². The Balaban J connectivity index is 1.48. The molecule has 14 heteroatoms. The number of hydrazine groups is 1. The number of rotatable bonds is 4. The minimum Gasteiger partial charge on any atom is -0.367 e. The smallest absolute Gasteiger partial charge is 0.367 e.